The van der Waals surface area contributed by atoms with Gasteiger partial charge < -0.3 is 9.73 Å². The highest BCUT2D eigenvalue weighted by Crippen LogP contribution is 2.28. The SMILES string of the molecule is C[C@@H](N[C@H](c1ccccc1)c1ccco1)C(=O)Nc1ccccc1-c1ccccc1. The average Bonchev–Trinajstić information content (AvgIpc) is 3.33. The smallest absolute Gasteiger partial charge is 0.241 e. The molecule has 4 aromatic rings. The summed E-state index contributed by atoms with van der Waals surface area (Å²) < 4.78 is 5.63. The Bertz CT molecular complexity index is 1080. The Hall–Kier alpha value is -3.63. The molecule has 0 fully saturated rings. The Labute approximate surface area is 176 Å². The van der Waals surface area contributed by atoms with Crippen LogP contribution in [0.2, 0.25) is 0 Å². The van der Waals surface area contributed by atoms with Crippen molar-refractivity contribution < 1.29 is 9.21 Å². The van der Waals surface area contributed by atoms with Gasteiger partial charge in [-0.2, -0.15) is 0 Å². The van der Waals surface area contributed by atoms with E-state index in [-0.39, 0.29) is 11.9 Å². The van der Waals surface area contributed by atoms with Crippen LogP contribution in [-0.2, 0) is 4.79 Å². The fraction of sp³-hybridized carbons (Fsp3) is 0.115. The predicted octanol–water partition coefficient (Wildman–Crippen LogP) is 5.65. The number of hydrogen-bond acceptors (Lipinski definition) is 3. The normalized spacial score (nSPS) is 12.8. The zero-order valence-electron chi connectivity index (χ0n) is 16.8. The molecule has 2 atom stereocenters. The third kappa shape index (κ3) is 4.50. The third-order valence-corrected chi connectivity index (χ3v) is 5.04. The first-order valence-corrected chi connectivity index (χ1v) is 10.0. The van der Waals surface area contributed by atoms with Crippen molar-refractivity contribution in [3.8, 4) is 11.1 Å². The summed E-state index contributed by atoms with van der Waals surface area (Å²) in [6, 6.07) is 31.0. The maximum Gasteiger partial charge on any atom is 0.241 e. The molecule has 1 heterocycles. The van der Waals surface area contributed by atoms with Gasteiger partial charge in [0.15, 0.2) is 0 Å². The second-order valence-corrected chi connectivity index (χ2v) is 7.15. The van der Waals surface area contributed by atoms with Gasteiger partial charge in [0.2, 0.25) is 5.91 Å². The van der Waals surface area contributed by atoms with Gasteiger partial charge in [0.25, 0.3) is 0 Å². The largest absolute Gasteiger partial charge is 0.467 e. The summed E-state index contributed by atoms with van der Waals surface area (Å²) in [7, 11) is 0. The molecule has 4 rings (SSSR count). The van der Waals surface area contributed by atoms with Gasteiger partial charge in [-0.3, -0.25) is 10.1 Å². The zero-order chi connectivity index (χ0) is 20.8. The molecule has 0 radical (unpaired) electrons. The molecular formula is C26H24N2O2. The standard InChI is InChI=1S/C26H24N2O2/c1-19(27-25(24-17-10-18-30-24)21-13-6-3-7-14-21)26(29)28-23-16-9-8-15-22(23)20-11-4-2-5-12-20/h2-19,25,27H,1H3,(H,28,29)/t19-,25-/m1/s1. The van der Waals surface area contributed by atoms with Crippen LogP contribution in [0.3, 0.4) is 0 Å². The molecule has 0 saturated carbocycles. The van der Waals surface area contributed by atoms with E-state index in [2.05, 4.69) is 10.6 Å². The Morgan fingerprint density at radius 3 is 2.17 bits per heavy atom. The van der Waals surface area contributed by atoms with E-state index in [1.54, 1.807) is 6.26 Å². The molecule has 1 aromatic heterocycles. The van der Waals surface area contributed by atoms with E-state index in [1.807, 2.05) is 104 Å². The van der Waals surface area contributed by atoms with Crippen LogP contribution in [0.15, 0.2) is 108 Å². The van der Waals surface area contributed by atoms with Crippen molar-refractivity contribution in [2.24, 2.45) is 0 Å². The lowest BCUT2D eigenvalue weighted by molar-refractivity contribution is -0.117. The van der Waals surface area contributed by atoms with Crippen LogP contribution in [0, 0.1) is 0 Å². The van der Waals surface area contributed by atoms with Crippen LogP contribution < -0.4 is 10.6 Å². The molecule has 2 N–H and O–H groups in total. The summed E-state index contributed by atoms with van der Waals surface area (Å²) in [5.41, 5.74) is 3.88. The summed E-state index contributed by atoms with van der Waals surface area (Å²) in [6.07, 6.45) is 1.65. The lowest BCUT2D eigenvalue weighted by Crippen LogP contribution is -2.40. The molecule has 4 nitrogen and oxygen atoms in total. The molecule has 0 aliphatic rings. The maximum absolute atomic E-state index is 13.0. The Kier molecular flexibility index (Phi) is 6.06. The molecule has 0 bridgehead atoms. The molecule has 3 aromatic carbocycles. The highest BCUT2D eigenvalue weighted by molar-refractivity contribution is 5.98. The van der Waals surface area contributed by atoms with Gasteiger partial charge in [-0.25, -0.2) is 0 Å². The first-order chi connectivity index (χ1) is 14.7. The van der Waals surface area contributed by atoms with Crippen molar-refractivity contribution in [2.45, 2.75) is 19.0 Å². The summed E-state index contributed by atoms with van der Waals surface area (Å²) in [5, 5.41) is 6.49. The van der Waals surface area contributed by atoms with Crippen LogP contribution in [0.1, 0.15) is 24.3 Å². The minimum Gasteiger partial charge on any atom is -0.467 e. The maximum atomic E-state index is 13.0. The number of benzene rings is 3. The average molecular weight is 396 g/mol. The number of para-hydroxylation sites is 1. The lowest BCUT2D eigenvalue weighted by atomic mass is 10.0. The van der Waals surface area contributed by atoms with E-state index in [1.165, 1.54) is 0 Å². The van der Waals surface area contributed by atoms with Gasteiger partial charge in [-0.15, -0.1) is 0 Å². The molecule has 0 unspecified atom stereocenters. The summed E-state index contributed by atoms with van der Waals surface area (Å²) in [4.78, 5) is 13.0. The topological polar surface area (TPSA) is 54.3 Å². The van der Waals surface area contributed by atoms with Crippen LogP contribution in [0.25, 0.3) is 11.1 Å². The number of rotatable bonds is 7. The van der Waals surface area contributed by atoms with E-state index in [9.17, 15) is 4.79 Å². The van der Waals surface area contributed by atoms with E-state index < -0.39 is 6.04 Å². The molecule has 0 saturated heterocycles. The molecule has 0 aliphatic heterocycles. The van der Waals surface area contributed by atoms with E-state index in [4.69, 9.17) is 4.42 Å². The first-order valence-electron chi connectivity index (χ1n) is 10.0. The number of hydrogen-bond donors (Lipinski definition) is 2. The van der Waals surface area contributed by atoms with Gasteiger partial charge in [-0.05, 0) is 36.2 Å². The highest BCUT2D eigenvalue weighted by Gasteiger charge is 2.23. The Morgan fingerprint density at radius 1 is 0.800 bits per heavy atom. The monoisotopic (exact) mass is 396 g/mol. The lowest BCUT2D eigenvalue weighted by Gasteiger charge is -2.22. The number of nitrogens with one attached hydrogen (secondary N) is 2. The molecule has 150 valence electrons. The van der Waals surface area contributed by atoms with Gasteiger partial charge in [0.1, 0.15) is 5.76 Å². The molecular weight excluding hydrogens is 372 g/mol. The zero-order valence-corrected chi connectivity index (χ0v) is 16.8. The van der Waals surface area contributed by atoms with Crippen LogP contribution in [0.5, 0.6) is 0 Å². The molecule has 4 heteroatoms. The fourth-order valence-electron chi connectivity index (χ4n) is 3.47. The minimum absolute atomic E-state index is 0.106. The van der Waals surface area contributed by atoms with Crippen LogP contribution in [-0.4, -0.2) is 11.9 Å². The third-order valence-electron chi connectivity index (χ3n) is 5.04. The van der Waals surface area contributed by atoms with Gasteiger partial charge >= 0.3 is 0 Å². The summed E-state index contributed by atoms with van der Waals surface area (Å²) in [5.74, 6) is 0.663. The predicted molar refractivity (Wildman–Crippen MR) is 120 cm³/mol. The number of carbonyl (C=O) groups is 1. The van der Waals surface area contributed by atoms with Crippen molar-refractivity contribution in [1.29, 1.82) is 0 Å². The number of furan rings is 1. The van der Waals surface area contributed by atoms with Gasteiger partial charge in [0.05, 0.1) is 18.3 Å². The summed E-state index contributed by atoms with van der Waals surface area (Å²) in [6.45, 7) is 1.86. The van der Waals surface area contributed by atoms with Crippen molar-refractivity contribution in [1.82, 2.24) is 5.32 Å². The molecule has 0 spiro atoms. The highest BCUT2D eigenvalue weighted by atomic mass is 16.3. The first kappa shape index (κ1) is 19.7. The molecule has 0 aliphatic carbocycles. The van der Waals surface area contributed by atoms with Crippen molar-refractivity contribution in [3.63, 3.8) is 0 Å². The van der Waals surface area contributed by atoms with E-state index in [0.29, 0.717) is 0 Å². The van der Waals surface area contributed by atoms with Crippen molar-refractivity contribution in [2.75, 3.05) is 5.32 Å². The number of anilines is 1. The van der Waals surface area contributed by atoms with Crippen LogP contribution >= 0.6 is 0 Å². The molecule has 30 heavy (non-hydrogen) atoms. The van der Waals surface area contributed by atoms with E-state index >= 15 is 0 Å². The fourth-order valence-corrected chi connectivity index (χ4v) is 3.47. The van der Waals surface area contributed by atoms with Gasteiger partial charge in [0, 0.05) is 11.3 Å². The Balaban J connectivity index is 1.53. The van der Waals surface area contributed by atoms with Crippen molar-refractivity contribution in [3.05, 3.63) is 115 Å². The van der Waals surface area contributed by atoms with Crippen molar-refractivity contribution >= 4 is 11.6 Å². The minimum atomic E-state index is -0.441. The Morgan fingerprint density at radius 2 is 1.47 bits per heavy atom. The second-order valence-electron chi connectivity index (χ2n) is 7.15. The number of amides is 1. The van der Waals surface area contributed by atoms with E-state index in [0.717, 1.165) is 28.1 Å². The molecule has 1 amide bonds. The second kappa shape index (κ2) is 9.25. The summed E-state index contributed by atoms with van der Waals surface area (Å²) >= 11 is 0. The quantitative estimate of drug-likeness (QED) is 0.424. The van der Waals surface area contributed by atoms with Crippen LogP contribution in [0.4, 0.5) is 5.69 Å². The van der Waals surface area contributed by atoms with Gasteiger partial charge in [-0.1, -0.05) is 78.9 Å². The number of carbonyl (C=O) groups excluding carboxylic acids is 1.